The van der Waals surface area contributed by atoms with Crippen molar-refractivity contribution in [3.63, 3.8) is 0 Å². The lowest BCUT2D eigenvalue weighted by Crippen LogP contribution is -2.29. The molecule has 2 rings (SSSR count). The fourth-order valence-corrected chi connectivity index (χ4v) is 2.49. The smallest absolute Gasteiger partial charge is 0.367 e. The SMILES string of the molecule is CC(C)(OOC(=O)COCC(=O)OC(C)(C)c1ccccc1)c1ccccc1. The summed E-state index contributed by atoms with van der Waals surface area (Å²) in [6.07, 6.45) is 0. The van der Waals surface area contributed by atoms with Gasteiger partial charge >= 0.3 is 11.9 Å². The van der Waals surface area contributed by atoms with E-state index in [0.29, 0.717) is 0 Å². The number of rotatable bonds is 9. The minimum absolute atomic E-state index is 0.368. The van der Waals surface area contributed by atoms with Crippen LogP contribution in [-0.2, 0) is 40.0 Å². The highest BCUT2D eigenvalue weighted by Crippen LogP contribution is 2.25. The van der Waals surface area contributed by atoms with Gasteiger partial charge in [-0.05, 0) is 38.8 Å². The summed E-state index contributed by atoms with van der Waals surface area (Å²) in [7, 11) is 0. The summed E-state index contributed by atoms with van der Waals surface area (Å²) in [5.41, 5.74) is 0.107. The number of ether oxygens (including phenoxy) is 2. The van der Waals surface area contributed by atoms with Crippen molar-refractivity contribution in [1.29, 1.82) is 0 Å². The molecule has 2 aromatic rings. The molecule has 0 spiro atoms. The van der Waals surface area contributed by atoms with Crippen LogP contribution >= 0.6 is 0 Å². The van der Waals surface area contributed by atoms with Crippen LogP contribution in [0.1, 0.15) is 38.8 Å². The van der Waals surface area contributed by atoms with Crippen LogP contribution in [-0.4, -0.2) is 25.2 Å². The van der Waals surface area contributed by atoms with Crippen LogP contribution in [0.15, 0.2) is 60.7 Å². The van der Waals surface area contributed by atoms with Gasteiger partial charge in [-0.2, -0.15) is 4.89 Å². The van der Waals surface area contributed by atoms with Gasteiger partial charge in [0.25, 0.3) is 0 Å². The Kier molecular flexibility index (Phi) is 7.31. The molecule has 150 valence electrons. The van der Waals surface area contributed by atoms with E-state index in [1.807, 2.05) is 60.7 Å². The van der Waals surface area contributed by atoms with Crippen LogP contribution in [0.4, 0.5) is 0 Å². The predicted molar refractivity (Wildman–Crippen MR) is 103 cm³/mol. The fourth-order valence-electron chi connectivity index (χ4n) is 2.49. The van der Waals surface area contributed by atoms with E-state index in [9.17, 15) is 9.59 Å². The molecule has 0 N–H and O–H groups in total. The van der Waals surface area contributed by atoms with Gasteiger partial charge in [-0.15, -0.1) is 0 Å². The summed E-state index contributed by atoms with van der Waals surface area (Å²) < 4.78 is 10.5. The quantitative estimate of drug-likeness (QED) is 0.370. The van der Waals surface area contributed by atoms with Crippen molar-refractivity contribution in [1.82, 2.24) is 0 Å². The third-order valence-electron chi connectivity index (χ3n) is 4.09. The lowest BCUT2D eigenvalue weighted by Gasteiger charge is -2.25. The third-order valence-corrected chi connectivity index (χ3v) is 4.09. The first-order chi connectivity index (χ1) is 13.2. The van der Waals surface area contributed by atoms with E-state index in [4.69, 9.17) is 19.2 Å². The van der Waals surface area contributed by atoms with E-state index < -0.39 is 29.7 Å². The molecule has 0 amide bonds. The molecule has 0 bridgehead atoms. The van der Waals surface area contributed by atoms with Crippen LogP contribution in [0, 0.1) is 0 Å². The lowest BCUT2D eigenvalue weighted by molar-refractivity contribution is -0.331. The highest BCUT2D eigenvalue weighted by Gasteiger charge is 2.26. The van der Waals surface area contributed by atoms with Crippen LogP contribution < -0.4 is 0 Å². The maximum absolute atomic E-state index is 12.0. The van der Waals surface area contributed by atoms with Gasteiger partial charge in [-0.25, -0.2) is 9.59 Å². The standard InChI is InChI=1S/C22H26O6/c1-21(2,17-11-7-5-8-12-17)26-19(23)15-25-16-20(24)27-28-22(3,4)18-13-9-6-10-14-18/h5-14H,15-16H2,1-4H3. The molecule has 28 heavy (non-hydrogen) atoms. The molecule has 2 aromatic carbocycles. The highest BCUT2D eigenvalue weighted by atomic mass is 17.2. The van der Waals surface area contributed by atoms with Crippen molar-refractivity contribution in [2.75, 3.05) is 13.2 Å². The monoisotopic (exact) mass is 386 g/mol. The molecule has 0 aliphatic carbocycles. The summed E-state index contributed by atoms with van der Waals surface area (Å²) in [6.45, 7) is 6.33. The van der Waals surface area contributed by atoms with E-state index >= 15 is 0 Å². The largest absolute Gasteiger partial charge is 0.453 e. The second kappa shape index (κ2) is 9.48. The zero-order valence-corrected chi connectivity index (χ0v) is 16.6. The van der Waals surface area contributed by atoms with Gasteiger partial charge < -0.3 is 9.47 Å². The molecular weight excluding hydrogens is 360 g/mol. The number of carbonyl (C=O) groups excluding carboxylic acids is 2. The van der Waals surface area contributed by atoms with Crippen molar-refractivity contribution in [3.05, 3.63) is 71.8 Å². The molecule has 0 aliphatic rings. The average molecular weight is 386 g/mol. The minimum Gasteiger partial charge on any atom is -0.453 e. The van der Waals surface area contributed by atoms with E-state index in [0.717, 1.165) is 11.1 Å². The Morgan fingerprint density at radius 1 is 0.714 bits per heavy atom. The second-order valence-electron chi connectivity index (χ2n) is 7.26. The maximum atomic E-state index is 12.0. The van der Waals surface area contributed by atoms with Gasteiger partial charge in [0.15, 0.2) is 0 Å². The topological polar surface area (TPSA) is 71.1 Å². The summed E-state index contributed by atoms with van der Waals surface area (Å²) in [4.78, 5) is 33.8. The Labute approximate surface area is 165 Å². The van der Waals surface area contributed by atoms with Gasteiger partial charge in [-0.1, -0.05) is 60.7 Å². The Bertz CT molecular complexity index is 768. The predicted octanol–water partition coefficient (Wildman–Crippen LogP) is 3.89. The molecule has 0 saturated heterocycles. The minimum atomic E-state index is -0.810. The van der Waals surface area contributed by atoms with E-state index in [1.165, 1.54) is 0 Å². The van der Waals surface area contributed by atoms with Gasteiger partial charge in [0.2, 0.25) is 0 Å². The first-order valence-electron chi connectivity index (χ1n) is 9.00. The second-order valence-corrected chi connectivity index (χ2v) is 7.26. The molecule has 6 heteroatoms. The number of esters is 1. The average Bonchev–Trinajstić information content (AvgIpc) is 2.67. The number of carbonyl (C=O) groups is 2. The Hall–Kier alpha value is -2.70. The first-order valence-corrected chi connectivity index (χ1v) is 9.00. The van der Waals surface area contributed by atoms with E-state index in [-0.39, 0.29) is 6.61 Å². The Morgan fingerprint density at radius 3 is 1.71 bits per heavy atom. The summed E-state index contributed by atoms with van der Waals surface area (Å²) in [5.74, 6) is -1.31. The normalized spacial score (nSPS) is 11.7. The zero-order valence-electron chi connectivity index (χ0n) is 16.6. The van der Waals surface area contributed by atoms with Gasteiger partial charge in [-0.3, -0.25) is 4.89 Å². The van der Waals surface area contributed by atoms with Crippen molar-refractivity contribution in [3.8, 4) is 0 Å². The molecule has 0 atom stereocenters. The van der Waals surface area contributed by atoms with Crippen LogP contribution in [0.5, 0.6) is 0 Å². The molecule has 0 radical (unpaired) electrons. The van der Waals surface area contributed by atoms with Gasteiger partial charge in [0.05, 0.1) is 0 Å². The van der Waals surface area contributed by atoms with Crippen molar-refractivity contribution in [2.45, 2.75) is 38.9 Å². The number of hydrogen-bond acceptors (Lipinski definition) is 6. The molecular formula is C22H26O6. The molecule has 6 nitrogen and oxygen atoms in total. The van der Waals surface area contributed by atoms with E-state index in [1.54, 1.807) is 27.7 Å². The summed E-state index contributed by atoms with van der Waals surface area (Å²) >= 11 is 0. The Balaban J connectivity index is 1.72. The van der Waals surface area contributed by atoms with Crippen molar-refractivity contribution >= 4 is 11.9 Å². The molecule has 0 fully saturated rings. The van der Waals surface area contributed by atoms with Gasteiger partial charge in [0, 0.05) is 0 Å². The van der Waals surface area contributed by atoms with Crippen LogP contribution in [0.2, 0.25) is 0 Å². The number of benzene rings is 2. The highest BCUT2D eigenvalue weighted by molar-refractivity contribution is 5.73. The third kappa shape index (κ3) is 6.48. The van der Waals surface area contributed by atoms with Crippen molar-refractivity contribution < 1.29 is 28.8 Å². The summed E-state index contributed by atoms with van der Waals surface area (Å²) in [6, 6.07) is 18.7. The molecule has 0 saturated carbocycles. The Morgan fingerprint density at radius 2 is 1.18 bits per heavy atom. The maximum Gasteiger partial charge on any atom is 0.367 e. The first kappa shape index (κ1) is 21.6. The van der Waals surface area contributed by atoms with E-state index in [2.05, 4.69) is 0 Å². The summed E-state index contributed by atoms with van der Waals surface area (Å²) in [5, 5.41) is 0. The molecule has 0 heterocycles. The van der Waals surface area contributed by atoms with Crippen molar-refractivity contribution in [2.24, 2.45) is 0 Å². The van der Waals surface area contributed by atoms with Gasteiger partial charge in [0.1, 0.15) is 24.4 Å². The fraction of sp³-hybridized carbons (Fsp3) is 0.364. The van der Waals surface area contributed by atoms with Crippen LogP contribution in [0.3, 0.4) is 0 Å². The zero-order chi connectivity index (χ0) is 20.6. The molecule has 0 aliphatic heterocycles. The molecule has 0 aromatic heterocycles. The van der Waals surface area contributed by atoms with Crippen LogP contribution in [0.25, 0.3) is 0 Å². The number of hydrogen-bond donors (Lipinski definition) is 0. The lowest BCUT2D eigenvalue weighted by atomic mass is 9.98. The molecule has 0 unspecified atom stereocenters.